The molecule has 2 aromatic rings. The number of carboxylic acids is 1. The quantitative estimate of drug-likeness (QED) is 0.0463. The standard InChI is InChI=1S/C27H42N10O6/c28-10-4-3-7-17(29)23(39)35-19(9-5-11-33-27(31)32)24(40)36-20(25(41)37-21(26(42)43)13-22(30)38)12-15-14-34-18-8-2-1-6-16(15)18/h1-2,6,8,14,17,19-21,34H,3-5,7,9-13,28-29H2,(H2,30,38)(H,35,39)(H,36,40)(H,37,41)(H,42,43)(H4,31,32,33). The van der Waals surface area contributed by atoms with Gasteiger partial charge in [-0.15, -0.1) is 0 Å². The highest BCUT2D eigenvalue weighted by Crippen LogP contribution is 2.19. The molecule has 16 heteroatoms. The van der Waals surface area contributed by atoms with Crippen LogP contribution in [0.4, 0.5) is 0 Å². The number of aromatic nitrogens is 1. The van der Waals surface area contributed by atoms with Crippen LogP contribution in [-0.4, -0.2) is 82.9 Å². The second kappa shape index (κ2) is 17.3. The third-order valence-electron chi connectivity index (χ3n) is 6.64. The average Bonchev–Trinajstić information content (AvgIpc) is 3.36. The van der Waals surface area contributed by atoms with Crippen molar-refractivity contribution in [1.29, 1.82) is 0 Å². The second-order valence-electron chi connectivity index (χ2n) is 10.1. The van der Waals surface area contributed by atoms with Crippen molar-refractivity contribution >= 4 is 46.5 Å². The van der Waals surface area contributed by atoms with E-state index in [1.807, 2.05) is 18.2 Å². The Kier molecular flexibility index (Phi) is 13.9. The molecular weight excluding hydrogens is 560 g/mol. The number of nitrogens with zero attached hydrogens (tertiary/aromatic N) is 1. The number of H-pyrrole nitrogens is 1. The number of unbranched alkanes of at least 4 members (excludes halogenated alkanes) is 1. The Labute approximate surface area is 248 Å². The fourth-order valence-corrected chi connectivity index (χ4v) is 4.37. The molecule has 0 saturated carbocycles. The minimum absolute atomic E-state index is 0.0439. The molecule has 4 unspecified atom stereocenters. The first-order valence-electron chi connectivity index (χ1n) is 13.9. The maximum Gasteiger partial charge on any atom is 0.326 e. The van der Waals surface area contributed by atoms with E-state index >= 15 is 0 Å². The lowest BCUT2D eigenvalue weighted by Crippen LogP contribution is -2.57. The molecule has 1 heterocycles. The third kappa shape index (κ3) is 11.6. The number of hydrogen-bond acceptors (Lipinski definition) is 8. The minimum atomic E-state index is -1.62. The Bertz CT molecular complexity index is 1290. The number of carboxylic acid groups (broad SMARTS) is 1. The molecule has 4 atom stereocenters. The van der Waals surface area contributed by atoms with Crippen LogP contribution in [0.15, 0.2) is 35.5 Å². The van der Waals surface area contributed by atoms with Crippen molar-refractivity contribution in [3.8, 4) is 0 Å². The van der Waals surface area contributed by atoms with Gasteiger partial charge in [-0.2, -0.15) is 0 Å². The van der Waals surface area contributed by atoms with E-state index in [-0.39, 0.29) is 25.3 Å². The summed E-state index contributed by atoms with van der Waals surface area (Å²) in [6.07, 6.45) is 3.04. The van der Waals surface area contributed by atoms with Crippen molar-refractivity contribution in [1.82, 2.24) is 20.9 Å². The number of carbonyl (C=O) groups is 5. The van der Waals surface area contributed by atoms with E-state index in [4.69, 9.17) is 28.7 Å². The number of rotatable bonds is 19. The maximum atomic E-state index is 13.5. The lowest BCUT2D eigenvalue weighted by molar-refractivity contribution is -0.143. The van der Waals surface area contributed by atoms with E-state index < -0.39 is 60.2 Å². The van der Waals surface area contributed by atoms with Gasteiger partial charge in [0.15, 0.2) is 5.96 Å². The molecule has 1 aromatic heterocycles. The summed E-state index contributed by atoms with van der Waals surface area (Å²) >= 11 is 0. The number of amides is 4. The minimum Gasteiger partial charge on any atom is -0.480 e. The van der Waals surface area contributed by atoms with Crippen LogP contribution in [0.5, 0.6) is 0 Å². The van der Waals surface area contributed by atoms with E-state index in [9.17, 15) is 29.1 Å². The molecule has 0 spiro atoms. The van der Waals surface area contributed by atoms with Crippen LogP contribution in [0.3, 0.4) is 0 Å². The highest BCUT2D eigenvalue weighted by Gasteiger charge is 2.31. The fraction of sp³-hybridized carbons (Fsp3) is 0.481. The van der Waals surface area contributed by atoms with Crippen LogP contribution in [0.2, 0.25) is 0 Å². The largest absolute Gasteiger partial charge is 0.480 e. The molecule has 0 radical (unpaired) electrons. The first-order chi connectivity index (χ1) is 20.4. The molecule has 16 nitrogen and oxygen atoms in total. The van der Waals surface area contributed by atoms with Gasteiger partial charge in [0.25, 0.3) is 0 Å². The molecule has 236 valence electrons. The van der Waals surface area contributed by atoms with Gasteiger partial charge in [-0.25, -0.2) is 4.79 Å². The van der Waals surface area contributed by atoms with Gasteiger partial charge in [0.1, 0.15) is 18.1 Å². The predicted molar refractivity (Wildman–Crippen MR) is 160 cm³/mol. The number of nitrogens with two attached hydrogens (primary N) is 5. The summed E-state index contributed by atoms with van der Waals surface area (Å²) in [5.74, 6) is -4.69. The molecule has 0 aliphatic rings. The highest BCUT2D eigenvalue weighted by molar-refractivity contribution is 5.95. The summed E-state index contributed by atoms with van der Waals surface area (Å²) in [7, 11) is 0. The summed E-state index contributed by atoms with van der Waals surface area (Å²) in [4.78, 5) is 69.8. The van der Waals surface area contributed by atoms with Crippen LogP contribution < -0.4 is 44.6 Å². The predicted octanol–water partition coefficient (Wildman–Crippen LogP) is -2.37. The first-order valence-corrected chi connectivity index (χ1v) is 13.9. The van der Waals surface area contributed by atoms with E-state index in [1.165, 1.54) is 0 Å². The number of nitrogens with one attached hydrogen (secondary N) is 4. The molecule has 2 rings (SSSR count). The Morgan fingerprint density at radius 1 is 0.860 bits per heavy atom. The molecule has 0 aliphatic heterocycles. The number of fused-ring (bicyclic) bond motifs is 1. The number of aliphatic carboxylic acids is 1. The SMILES string of the molecule is NCCCCC(N)C(=O)NC(CCCN=C(N)N)C(=O)NC(Cc1c[nH]c2ccccc12)C(=O)NC(CC(N)=O)C(=O)O. The number of aromatic amines is 1. The van der Waals surface area contributed by atoms with E-state index in [0.29, 0.717) is 37.8 Å². The van der Waals surface area contributed by atoms with Crippen LogP contribution >= 0.6 is 0 Å². The molecule has 4 amide bonds. The molecule has 15 N–H and O–H groups in total. The topological polar surface area (TPSA) is 300 Å². The molecule has 0 aliphatic carbocycles. The number of para-hydroxylation sites is 1. The summed E-state index contributed by atoms with van der Waals surface area (Å²) in [6, 6.07) is 2.36. The Morgan fingerprint density at radius 2 is 1.51 bits per heavy atom. The number of hydrogen-bond donors (Lipinski definition) is 10. The van der Waals surface area contributed by atoms with Gasteiger partial charge >= 0.3 is 5.97 Å². The van der Waals surface area contributed by atoms with Gasteiger partial charge in [0.05, 0.1) is 12.5 Å². The van der Waals surface area contributed by atoms with Crippen molar-refractivity contribution in [2.24, 2.45) is 33.7 Å². The summed E-state index contributed by atoms with van der Waals surface area (Å²) in [6.45, 7) is 0.628. The monoisotopic (exact) mass is 602 g/mol. The number of guanidine groups is 1. The number of aliphatic imine (C=N–C) groups is 1. The van der Waals surface area contributed by atoms with Crippen LogP contribution in [0.1, 0.15) is 44.1 Å². The molecule has 0 bridgehead atoms. The Hall–Kier alpha value is -4.70. The van der Waals surface area contributed by atoms with Crippen LogP contribution in [-0.2, 0) is 30.4 Å². The van der Waals surface area contributed by atoms with Crippen molar-refractivity contribution in [3.63, 3.8) is 0 Å². The molecule has 43 heavy (non-hydrogen) atoms. The Balaban J connectivity index is 2.31. The van der Waals surface area contributed by atoms with Crippen molar-refractivity contribution in [2.45, 2.75) is 69.1 Å². The normalized spacial score (nSPS) is 13.7. The zero-order valence-electron chi connectivity index (χ0n) is 23.9. The first kappa shape index (κ1) is 34.5. The van der Waals surface area contributed by atoms with Gasteiger partial charge in [-0.3, -0.25) is 24.2 Å². The van der Waals surface area contributed by atoms with Crippen LogP contribution in [0.25, 0.3) is 10.9 Å². The van der Waals surface area contributed by atoms with E-state index in [1.54, 1.807) is 12.3 Å². The fourth-order valence-electron chi connectivity index (χ4n) is 4.37. The van der Waals surface area contributed by atoms with Crippen molar-refractivity contribution < 1.29 is 29.1 Å². The van der Waals surface area contributed by atoms with Gasteiger partial charge in [-0.05, 0) is 43.9 Å². The number of benzene rings is 1. The smallest absolute Gasteiger partial charge is 0.326 e. The van der Waals surface area contributed by atoms with Gasteiger partial charge in [0.2, 0.25) is 23.6 Å². The van der Waals surface area contributed by atoms with Crippen LogP contribution in [0, 0.1) is 0 Å². The highest BCUT2D eigenvalue weighted by atomic mass is 16.4. The maximum absolute atomic E-state index is 13.5. The zero-order chi connectivity index (χ0) is 31.9. The third-order valence-corrected chi connectivity index (χ3v) is 6.64. The van der Waals surface area contributed by atoms with Gasteiger partial charge in [0, 0.05) is 30.1 Å². The van der Waals surface area contributed by atoms with Crippen molar-refractivity contribution in [3.05, 3.63) is 36.0 Å². The van der Waals surface area contributed by atoms with E-state index in [0.717, 1.165) is 10.9 Å². The van der Waals surface area contributed by atoms with Gasteiger partial charge in [-0.1, -0.05) is 24.6 Å². The zero-order valence-corrected chi connectivity index (χ0v) is 23.9. The molecule has 0 fully saturated rings. The lowest BCUT2D eigenvalue weighted by Gasteiger charge is -2.25. The van der Waals surface area contributed by atoms with Crippen molar-refractivity contribution in [2.75, 3.05) is 13.1 Å². The number of primary amides is 1. The summed E-state index contributed by atoms with van der Waals surface area (Å²) < 4.78 is 0. The average molecular weight is 603 g/mol. The van der Waals surface area contributed by atoms with Gasteiger partial charge < -0.3 is 54.7 Å². The molecule has 1 aromatic carbocycles. The summed E-state index contributed by atoms with van der Waals surface area (Å²) in [5, 5.41) is 17.8. The molecular formula is C27H42N10O6. The number of carbonyl (C=O) groups excluding carboxylic acids is 4. The molecule has 0 saturated heterocycles. The second-order valence-corrected chi connectivity index (χ2v) is 10.1. The summed E-state index contributed by atoms with van der Waals surface area (Å²) in [5.41, 5.74) is 28.9. The lowest BCUT2D eigenvalue weighted by atomic mass is 10.0. The Morgan fingerprint density at radius 3 is 2.16 bits per heavy atom. The van der Waals surface area contributed by atoms with E-state index in [2.05, 4.69) is 25.9 Å².